The zero-order valence-electron chi connectivity index (χ0n) is 28.3. The van der Waals surface area contributed by atoms with Gasteiger partial charge in [0.25, 0.3) is 0 Å². The summed E-state index contributed by atoms with van der Waals surface area (Å²) in [6.07, 6.45) is 45.1. The quantitative estimate of drug-likeness (QED) is 0.0466. The lowest BCUT2D eigenvalue weighted by molar-refractivity contribution is -0.139. The topological polar surface area (TPSA) is 58.2 Å². The summed E-state index contributed by atoms with van der Waals surface area (Å²) < 4.78 is 0. The minimum absolute atomic E-state index is 0.479. The summed E-state index contributed by atoms with van der Waals surface area (Å²) >= 11 is 0. The molecule has 0 heterocycles. The summed E-state index contributed by atoms with van der Waals surface area (Å²) in [7, 11) is 0. The van der Waals surface area contributed by atoms with E-state index in [-0.39, 0.29) is 0 Å². The molecule has 42 heavy (non-hydrogen) atoms. The van der Waals surface area contributed by atoms with Crippen molar-refractivity contribution in [1.29, 1.82) is 0 Å². The number of rotatable bonds is 32. The van der Waals surface area contributed by atoms with Gasteiger partial charge in [0.1, 0.15) is 0 Å². The third kappa shape index (κ3) is 32.9. The fourth-order valence-corrected chi connectivity index (χ4v) is 5.31. The van der Waals surface area contributed by atoms with Gasteiger partial charge >= 0.3 is 11.8 Å². The van der Waals surface area contributed by atoms with Crippen LogP contribution in [0.15, 0.2) is 24.3 Å². The van der Waals surface area contributed by atoms with Gasteiger partial charge in [-0.3, -0.25) is 9.59 Å². The van der Waals surface area contributed by atoms with Crippen LogP contribution in [0.25, 0.3) is 0 Å². The molecule has 0 aliphatic heterocycles. The summed E-state index contributed by atoms with van der Waals surface area (Å²) in [5.41, 5.74) is 0. The molecular weight excluding hydrogens is 516 g/mol. The average molecular weight is 589 g/mol. The molecule has 2 amide bonds. The molecule has 4 heteroatoms. The molecule has 0 unspecified atom stereocenters. The van der Waals surface area contributed by atoms with E-state index in [0.29, 0.717) is 13.1 Å². The number of hydrogen-bond donors (Lipinski definition) is 2. The number of nitrogens with one attached hydrogen (secondary N) is 2. The Morgan fingerprint density at radius 1 is 0.357 bits per heavy atom. The highest BCUT2D eigenvalue weighted by molar-refractivity contribution is 6.35. The number of amides is 2. The van der Waals surface area contributed by atoms with Crippen LogP contribution in [0.4, 0.5) is 0 Å². The Bertz CT molecular complexity index is 575. The molecule has 0 aliphatic rings. The van der Waals surface area contributed by atoms with Crippen molar-refractivity contribution >= 4 is 11.8 Å². The van der Waals surface area contributed by atoms with Crippen molar-refractivity contribution in [3.05, 3.63) is 24.3 Å². The number of hydrogen-bond acceptors (Lipinski definition) is 2. The molecule has 0 rings (SSSR count). The summed E-state index contributed by atoms with van der Waals surface area (Å²) in [5.74, 6) is -0.959. The lowest BCUT2D eigenvalue weighted by Gasteiger charge is -2.07. The second kappa shape index (κ2) is 35.6. The number of unbranched alkanes of at least 4 members (excludes halogenated alkanes) is 24. The minimum atomic E-state index is -0.479. The predicted molar refractivity (Wildman–Crippen MR) is 185 cm³/mol. The SMILES string of the molecule is CCCCCCCC/C=C\CCCCCCCCNC(=O)C(=O)NCCCCCCCC/C=C\CCCCCCCC. The van der Waals surface area contributed by atoms with Gasteiger partial charge in [-0.1, -0.05) is 154 Å². The second-order valence-corrected chi connectivity index (χ2v) is 12.4. The van der Waals surface area contributed by atoms with Crippen molar-refractivity contribution in [3.8, 4) is 0 Å². The van der Waals surface area contributed by atoms with E-state index in [0.717, 1.165) is 25.7 Å². The smallest absolute Gasteiger partial charge is 0.309 e. The lowest BCUT2D eigenvalue weighted by Crippen LogP contribution is -2.40. The third-order valence-corrected chi connectivity index (χ3v) is 8.15. The molecule has 0 aliphatic carbocycles. The molecule has 0 atom stereocenters. The predicted octanol–water partition coefficient (Wildman–Crippen LogP) is 11.3. The van der Waals surface area contributed by atoms with Gasteiger partial charge in [0.15, 0.2) is 0 Å². The van der Waals surface area contributed by atoms with E-state index in [1.165, 1.54) is 154 Å². The van der Waals surface area contributed by atoms with E-state index in [4.69, 9.17) is 0 Å². The Morgan fingerprint density at radius 3 is 0.881 bits per heavy atom. The molecular formula is C38H72N2O2. The van der Waals surface area contributed by atoms with Crippen molar-refractivity contribution < 1.29 is 9.59 Å². The molecule has 246 valence electrons. The van der Waals surface area contributed by atoms with E-state index in [9.17, 15) is 9.59 Å². The first-order chi connectivity index (χ1) is 20.7. The maximum absolute atomic E-state index is 12.0. The fraction of sp³-hybridized carbons (Fsp3) is 0.842. The van der Waals surface area contributed by atoms with Crippen molar-refractivity contribution in [1.82, 2.24) is 10.6 Å². The molecule has 0 saturated carbocycles. The molecule has 4 nitrogen and oxygen atoms in total. The van der Waals surface area contributed by atoms with Crippen LogP contribution in [0.3, 0.4) is 0 Å². The van der Waals surface area contributed by atoms with Crippen molar-refractivity contribution in [2.24, 2.45) is 0 Å². The molecule has 0 aromatic rings. The van der Waals surface area contributed by atoms with Crippen LogP contribution in [-0.4, -0.2) is 24.9 Å². The summed E-state index contributed by atoms with van der Waals surface area (Å²) in [5, 5.41) is 5.55. The van der Waals surface area contributed by atoms with Gasteiger partial charge in [-0.05, 0) is 64.2 Å². The van der Waals surface area contributed by atoms with E-state index in [1.54, 1.807) is 0 Å². The van der Waals surface area contributed by atoms with Crippen LogP contribution in [0, 0.1) is 0 Å². The summed E-state index contributed by atoms with van der Waals surface area (Å²) in [6.45, 7) is 5.74. The molecule has 0 radical (unpaired) electrons. The van der Waals surface area contributed by atoms with Crippen molar-refractivity contribution in [2.45, 2.75) is 194 Å². The molecule has 0 spiro atoms. The van der Waals surface area contributed by atoms with Crippen LogP contribution in [0.2, 0.25) is 0 Å². The van der Waals surface area contributed by atoms with Gasteiger partial charge in [0.05, 0.1) is 0 Å². The molecule has 0 aromatic carbocycles. The molecule has 2 N–H and O–H groups in total. The largest absolute Gasteiger partial charge is 0.348 e. The van der Waals surface area contributed by atoms with Crippen LogP contribution in [0.5, 0.6) is 0 Å². The molecule has 0 fully saturated rings. The highest BCUT2D eigenvalue weighted by atomic mass is 16.2. The second-order valence-electron chi connectivity index (χ2n) is 12.4. The Labute approximate surface area is 262 Å². The van der Waals surface area contributed by atoms with Gasteiger partial charge in [-0.25, -0.2) is 0 Å². The zero-order valence-corrected chi connectivity index (χ0v) is 28.3. The number of allylic oxidation sites excluding steroid dienone is 4. The van der Waals surface area contributed by atoms with E-state index < -0.39 is 11.8 Å². The van der Waals surface area contributed by atoms with Gasteiger partial charge in [0, 0.05) is 13.1 Å². The first-order valence-corrected chi connectivity index (χ1v) is 18.6. The normalized spacial score (nSPS) is 11.6. The van der Waals surface area contributed by atoms with Crippen LogP contribution >= 0.6 is 0 Å². The Kier molecular flexibility index (Phi) is 34.3. The van der Waals surface area contributed by atoms with E-state index >= 15 is 0 Å². The molecule has 0 aromatic heterocycles. The lowest BCUT2D eigenvalue weighted by atomic mass is 10.1. The Hall–Kier alpha value is -1.58. The highest BCUT2D eigenvalue weighted by Crippen LogP contribution is 2.11. The molecule has 0 saturated heterocycles. The zero-order chi connectivity index (χ0) is 30.6. The highest BCUT2D eigenvalue weighted by Gasteiger charge is 2.11. The van der Waals surface area contributed by atoms with E-state index in [2.05, 4.69) is 48.8 Å². The van der Waals surface area contributed by atoms with Crippen molar-refractivity contribution in [3.63, 3.8) is 0 Å². The first kappa shape index (κ1) is 40.4. The summed E-state index contributed by atoms with van der Waals surface area (Å²) in [6, 6.07) is 0. The summed E-state index contributed by atoms with van der Waals surface area (Å²) in [4.78, 5) is 23.9. The van der Waals surface area contributed by atoms with Crippen LogP contribution in [-0.2, 0) is 9.59 Å². The fourth-order valence-electron chi connectivity index (χ4n) is 5.31. The Morgan fingerprint density at radius 2 is 0.595 bits per heavy atom. The third-order valence-electron chi connectivity index (χ3n) is 8.15. The van der Waals surface area contributed by atoms with E-state index in [1.807, 2.05) is 0 Å². The maximum atomic E-state index is 12.0. The number of carbonyl (C=O) groups is 2. The van der Waals surface area contributed by atoms with Crippen LogP contribution in [0.1, 0.15) is 194 Å². The van der Waals surface area contributed by atoms with Gasteiger partial charge in [0.2, 0.25) is 0 Å². The maximum Gasteiger partial charge on any atom is 0.309 e. The van der Waals surface area contributed by atoms with Gasteiger partial charge in [-0.15, -0.1) is 0 Å². The standard InChI is InChI=1S/C38H72N2O2/c1-3-5-7-9-11-13-15-17-19-21-23-25-27-29-31-33-35-39-37(41)38(42)40-36-34-32-30-28-26-24-22-20-18-16-14-12-10-8-6-4-2/h17-20H,3-16,21-36H2,1-2H3,(H,39,41)(H,40,42)/b19-17-,20-18-. The monoisotopic (exact) mass is 589 g/mol. The average Bonchev–Trinajstić information content (AvgIpc) is 3.00. The van der Waals surface area contributed by atoms with Crippen LogP contribution < -0.4 is 10.6 Å². The molecule has 0 bridgehead atoms. The van der Waals surface area contributed by atoms with Crippen molar-refractivity contribution in [2.75, 3.05) is 13.1 Å². The first-order valence-electron chi connectivity index (χ1n) is 18.6. The van der Waals surface area contributed by atoms with Gasteiger partial charge in [-0.2, -0.15) is 0 Å². The minimum Gasteiger partial charge on any atom is -0.348 e. The van der Waals surface area contributed by atoms with Gasteiger partial charge < -0.3 is 10.6 Å². The number of carbonyl (C=O) groups excluding carboxylic acids is 2. The Balaban J connectivity index is 3.35.